The largest absolute Gasteiger partial charge is 0.359 e. The molecule has 3 aromatic heterocycles. The van der Waals surface area contributed by atoms with Crippen molar-refractivity contribution >= 4 is 19.1 Å². The van der Waals surface area contributed by atoms with E-state index >= 15 is 0 Å². The second-order valence-corrected chi connectivity index (χ2v) is 14.2. The van der Waals surface area contributed by atoms with Crippen LogP contribution < -0.4 is 0 Å². The maximum atomic E-state index is 5.82. The Morgan fingerprint density at radius 1 is 0.966 bits per heavy atom. The van der Waals surface area contributed by atoms with Gasteiger partial charge in [0.15, 0.2) is 5.65 Å². The number of rotatable bonds is 8. The first-order valence-electron chi connectivity index (χ1n) is 9.94. The fourth-order valence-electron chi connectivity index (χ4n) is 3.12. The minimum Gasteiger partial charge on any atom is -0.359 e. The summed E-state index contributed by atoms with van der Waals surface area (Å²) in [5.74, 6) is 0. The number of hydrogen-bond acceptors (Lipinski definition) is 4. The molecule has 0 atom stereocenters. The molecule has 0 aliphatic heterocycles. The average Bonchev–Trinajstić information content (AvgIpc) is 3.32. The number of aromatic nitrogens is 5. The summed E-state index contributed by atoms with van der Waals surface area (Å²) in [6.07, 6.45) is 7.67. The molecule has 0 saturated carbocycles. The summed E-state index contributed by atoms with van der Waals surface area (Å²) in [5, 5.41) is 9.95. The maximum Gasteiger partial charge on any atom is 0.160 e. The highest BCUT2D eigenvalue weighted by atomic mass is 28.3. The van der Waals surface area contributed by atoms with E-state index in [4.69, 9.17) is 4.74 Å². The zero-order chi connectivity index (χ0) is 20.3. The van der Waals surface area contributed by atoms with Crippen LogP contribution in [0.25, 0.3) is 22.2 Å². The molecule has 150 valence electrons. The van der Waals surface area contributed by atoms with Gasteiger partial charge in [-0.15, -0.1) is 0 Å². The van der Waals surface area contributed by atoms with Gasteiger partial charge in [0.1, 0.15) is 6.73 Å². The number of hydrogen-bond donors (Lipinski definition) is 0. The molecule has 29 heavy (non-hydrogen) atoms. The third-order valence-corrected chi connectivity index (χ3v) is 6.54. The van der Waals surface area contributed by atoms with E-state index in [0.717, 1.165) is 41.4 Å². The second kappa shape index (κ2) is 8.30. The Kier molecular flexibility index (Phi) is 5.59. The quantitative estimate of drug-likeness (QED) is 0.316. The van der Waals surface area contributed by atoms with Crippen LogP contribution in [0.15, 0.2) is 61.2 Å². The fraction of sp³-hybridized carbons (Fsp3) is 0.318. The highest BCUT2D eigenvalue weighted by molar-refractivity contribution is 6.76. The average molecular weight is 406 g/mol. The lowest BCUT2D eigenvalue weighted by Gasteiger charge is -2.15. The summed E-state index contributed by atoms with van der Waals surface area (Å²) in [7, 11) is -1.08. The SMILES string of the molecule is C[Si](C)(C)CCOCn1ncc2cc(-c3cnn(Cc4ccccc4)c3)cnc21. The smallest absolute Gasteiger partial charge is 0.160 e. The first-order chi connectivity index (χ1) is 14.0. The maximum absolute atomic E-state index is 5.82. The summed E-state index contributed by atoms with van der Waals surface area (Å²) in [5.41, 5.74) is 4.16. The molecule has 0 aliphatic rings. The highest BCUT2D eigenvalue weighted by Crippen LogP contribution is 2.22. The van der Waals surface area contributed by atoms with Crippen LogP contribution in [-0.4, -0.2) is 39.2 Å². The van der Waals surface area contributed by atoms with E-state index in [1.165, 1.54) is 5.56 Å². The molecule has 0 spiro atoms. The Hall–Kier alpha value is -2.77. The van der Waals surface area contributed by atoms with Crippen molar-refractivity contribution in [2.45, 2.75) is 39.0 Å². The van der Waals surface area contributed by atoms with Crippen LogP contribution in [-0.2, 0) is 18.0 Å². The van der Waals surface area contributed by atoms with Crippen LogP contribution >= 0.6 is 0 Å². The van der Waals surface area contributed by atoms with E-state index < -0.39 is 8.07 Å². The summed E-state index contributed by atoms with van der Waals surface area (Å²) in [4.78, 5) is 4.63. The van der Waals surface area contributed by atoms with Crippen LogP contribution in [0.5, 0.6) is 0 Å². The summed E-state index contributed by atoms with van der Waals surface area (Å²) < 4.78 is 9.59. The minimum atomic E-state index is -1.08. The Labute approximate surface area is 172 Å². The van der Waals surface area contributed by atoms with Crippen molar-refractivity contribution in [1.29, 1.82) is 0 Å². The Bertz CT molecular complexity index is 1080. The number of benzene rings is 1. The molecule has 0 unspecified atom stereocenters. The molecule has 4 rings (SSSR count). The first kappa shape index (κ1) is 19.5. The van der Waals surface area contributed by atoms with E-state index in [1.54, 1.807) is 0 Å². The second-order valence-electron chi connectivity index (χ2n) is 8.54. The van der Waals surface area contributed by atoms with Gasteiger partial charge >= 0.3 is 0 Å². The van der Waals surface area contributed by atoms with Crippen molar-refractivity contribution in [2.75, 3.05) is 6.61 Å². The Morgan fingerprint density at radius 3 is 2.59 bits per heavy atom. The summed E-state index contributed by atoms with van der Waals surface area (Å²) >= 11 is 0. The molecule has 0 fully saturated rings. The Balaban J connectivity index is 1.44. The third kappa shape index (κ3) is 4.99. The molecular formula is C22H27N5OSi. The molecule has 7 heteroatoms. The predicted molar refractivity (Wildman–Crippen MR) is 118 cm³/mol. The predicted octanol–water partition coefficient (Wildman–Crippen LogP) is 4.66. The lowest BCUT2D eigenvalue weighted by atomic mass is 10.1. The van der Waals surface area contributed by atoms with E-state index in [2.05, 4.69) is 59.2 Å². The van der Waals surface area contributed by atoms with Gasteiger partial charge in [-0.2, -0.15) is 10.2 Å². The van der Waals surface area contributed by atoms with Crippen LogP contribution in [0.2, 0.25) is 25.7 Å². The number of nitrogens with zero attached hydrogens (tertiary/aromatic N) is 5. The van der Waals surface area contributed by atoms with Crippen molar-refractivity contribution < 1.29 is 4.74 Å². The van der Waals surface area contributed by atoms with Gasteiger partial charge < -0.3 is 4.74 Å². The molecule has 3 heterocycles. The zero-order valence-electron chi connectivity index (χ0n) is 17.2. The van der Waals surface area contributed by atoms with Gasteiger partial charge in [0, 0.05) is 43.6 Å². The molecule has 1 aromatic carbocycles. The van der Waals surface area contributed by atoms with Gasteiger partial charge in [-0.3, -0.25) is 4.68 Å². The molecular weight excluding hydrogens is 378 g/mol. The van der Waals surface area contributed by atoms with Crippen molar-refractivity contribution in [2.24, 2.45) is 0 Å². The number of ether oxygens (including phenoxy) is 1. The van der Waals surface area contributed by atoms with Gasteiger partial charge in [-0.1, -0.05) is 50.0 Å². The van der Waals surface area contributed by atoms with Gasteiger partial charge in [0.2, 0.25) is 0 Å². The van der Waals surface area contributed by atoms with Crippen LogP contribution in [0.4, 0.5) is 0 Å². The van der Waals surface area contributed by atoms with Gasteiger partial charge in [0.25, 0.3) is 0 Å². The standard InChI is InChI=1S/C22H27N5OSi/c1-29(2,3)10-9-28-17-27-22-20(13-25-27)11-19(12-23-22)21-14-24-26(16-21)15-18-7-5-4-6-8-18/h4-8,11-14,16H,9-10,15,17H2,1-3H3. The van der Waals surface area contributed by atoms with E-state index in [-0.39, 0.29) is 0 Å². The van der Waals surface area contributed by atoms with E-state index in [1.807, 2.05) is 46.2 Å². The van der Waals surface area contributed by atoms with E-state index in [9.17, 15) is 0 Å². The molecule has 0 aliphatic carbocycles. The highest BCUT2D eigenvalue weighted by Gasteiger charge is 2.13. The van der Waals surface area contributed by atoms with Gasteiger partial charge in [-0.25, -0.2) is 9.67 Å². The topological polar surface area (TPSA) is 57.8 Å². The van der Waals surface area contributed by atoms with Gasteiger partial charge in [-0.05, 0) is 17.7 Å². The van der Waals surface area contributed by atoms with E-state index in [0.29, 0.717) is 6.73 Å². The molecule has 0 radical (unpaired) electrons. The third-order valence-electron chi connectivity index (χ3n) is 4.84. The molecule has 0 bridgehead atoms. The summed E-state index contributed by atoms with van der Waals surface area (Å²) in [6.45, 7) is 9.02. The fourth-order valence-corrected chi connectivity index (χ4v) is 3.88. The molecule has 0 N–H and O–H groups in total. The van der Waals surface area contributed by atoms with Gasteiger partial charge in [0.05, 0.1) is 18.9 Å². The molecule has 0 saturated heterocycles. The van der Waals surface area contributed by atoms with Crippen molar-refractivity contribution in [3.8, 4) is 11.1 Å². The Morgan fingerprint density at radius 2 is 1.79 bits per heavy atom. The molecule has 6 nitrogen and oxygen atoms in total. The van der Waals surface area contributed by atoms with Crippen LogP contribution in [0.3, 0.4) is 0 Å². The molecule has 4 aromatic rings. The minimum absolute atomic E-state index is 0.440. The van der Waals surface area contributed by atoms with Crippen molar-refractivity contribution in [3.63, 3.8) is 0 Å². The van der Waals surface area contributed by atoms with Crippen molar-refractivity contribution in [1.82, 2.24) is 24.5 Å². The lowest BCUT2D eigenvalue weighted by Crippen LogP contribution is -2.22. The van der Waals surface area contributed by atoms with Crippen molar-refractivity contribution in [3.05, 3.63) is 66.7 Å². The zero-order valence-corrected chi connectivity index (χ0v) is 18.2. The van der Waals surface area contributed by atoms with Crippen LogP contribution in [0, 0.1) is 0 Å². The monoisotopic (exact) mass is 405 g/mol. The molecule has 0 amide bonds. The van der Waals surface area contributed by atoms with Crippen LogP contribution in [0.1, 0.15) is 5.56 Å². The lowest BCUT2D eigenvalue weighted by molar-refractivity contribution is 0.0813. The number of pyridine rings is 1. The normalized spacial score (nSPS) is 12.0. The summed E-state index contributed by atoms with van der Waals surface area (Å²) in [6, 6.07) is 13.6. The first-order valence-corrected chi connectivity index (χ1v) is 13.6. The number of fused-ring (bicyclic) bond motifs is 1.